The van der Waals surface area contributed by atoms with Gasteiger partial charge in [-0.2, -0.15) is 0 Å². The molecule has 14 heavy (non-hydrogen) atoms. The molecule has 0 aliphatic carbocycles. The number of piperazine rings is 1. The van der Waals surface area contributed by atoms with Crippen LogP contribution in [-0.2, 0) is 0 Å². The molecule has 0 aromatic carbocycles. The molecule has 1 aliphatic heterocycles. The predicted octanol–water partition coefficient (Wildman–Crippen LogP) is 1.37. The summed E-state index contributed by atoms with van der Waals surface area (Å²) in [5.74, 6) is 0. The fourth-order valence-corrected chi connectivity index (χ4v) is 2.37. The summed E-state index contributed by atoms with van der Waals surface area (Å²) in [4.78, 5) is 12.6. The minimum absolute atomic E-state index is 0.0226. The Morgan fingerprint density at radius 1 is 1.50 bits per heavy atom. The quantitative estimate of drug-likeness (QED) is 0.621. The molecule has 0 aromatic rings. The van der Waals surface area contributed by atoms with Crippen molar-refractivity contribution in [3.63, 3.8) is 0 Å². The molecule has 4 heteroatoms. The maximum Gasteiger partial charge on any atom is 0.407 e. The van der Waals surface area contributed by atoms with E-state index in [9.17, 15) is 4.79 Å². The largest absolute Gasteiger partial charge is 0.465 e. The maximum absolute atomic E-state index is 11.1. The Hall–Kier alpha value is -0.770. The number of hydrogen-bond donors (Lipinski definition) is 2. The molecule has 0 saturated carbocycles. The average molecular weight is 200 g/mol. The molecule has 1 rings (SSSR count). The van der Waals surface area contributed by atoms with Crippen LogP contribution in [0.2, 0.25) is 0 Å². The first kappa shape index (κ1) is 11.3. The summed E-state index contributed by atoms with van der Waals surface area (Å²) in [5, 5.41) is 12.4. The van der Waals surface area contributed by atoms with E-state index in [-0.39, 0.29) is 17.5 Å². The van der Waals surface area contributed by atoms with Crippen LogP contribution < -0.4 is 5.32 Å². The standard InChI is InChI=1S/C10H20N2O2/c1-7-8(10(2,3)4)12(9(13)14)6-5-11-7/h7-8,11H,5-6H2,1-4H3,(H,13,14)/t7-,8?/m0/s1. The summed E-state index contributed by atoms with van der Waals surface area (Å²) in [6.07, 6.45) is -0.807. The molecule has 0 aromatic heterocycles. The first-order chi connectivity index (χ1) is 6.34. The average Bonchev–Trinajstić information content (AvgIpc) is 2.01. The second kappa shape index (κ2) is 3.77. The van der Waals surface area contributed by atoms with Gasteiger partial charge >= 0.3 is 6.09 Å². The Morgan fingerprint density at radius 3 is 2.43 bits per heavy atom. The number of carboxylic acid groups (broad SMARTS) is 1. The molecule has 0 bridgehead atoms. The molecular weight excluding hydrogens is 180 g/mol. The topological polar surface area (TPSA) is 52.6 Å². The van der Waals surface area contributed by atoms with Gasteiger partial charge in [-0.3, -0.25) is 0 Å². The van der Waals surface area contributed by atoms with Crippen LogP contribution in [0.4, 0.5) is 4.79 Å². The van der Waals surface area contributed by atoms with Crippen LogP contribution in [-0.4, -0.2) is 41.3 Å². The van der Waals surface area contributed by atoms with Crippen LogP contribution in [0.1, 0.15) is 27.7 Å². The lowest BCUT2D eigenvalue weighted by Gasteiger charge is -2.46. The molecule has 0 spiro atoms. The van der Waals surface area contributed by atoms with Gasteiger partial charge in [-0.15, -0.1) is 0 Å². The fraction of sp³-hybridized carbons (Fsp3) is 0.900. The minimum atomic E-state index is -0.807. The zero-order chi connectivity index (χ0) is 10.9. The molecule has 1 aliphatic rings. The highest BCUT2D eigenvalue weighted by Gasteiger charge is 2.39. The number of nitrogens with zero attached hydrogens (tertiary/aromatic N) is 1. The third-order valence-electron chi connectivity index (χ3n) is 2.76. The van der Waals surface area contributed by atoms with Crippen molar-refractivity contribution in [3.8, 4) is 0 Å². The van der Waals surface area contributed by atoms with Gasteiger partial charge in [0.1, 0.15) is 0 Å². The van der Waals surface area contributed by atoms with Crippen molar-refractivity contribution >= 4 is 6.09 Å². The van der Waals surface area contributed by atoms with Gasteiger partial charge in [0, 0.05) is 19.1 Å². The van der Waals surface area contributed by atoms with Crippen LogP contribution >= 0.6 is 0 Å². The van der Waals surface area contributed by atoms with E-state index >= 15 is 0 Å². The number of carbonyl (C=O) groups is 1. The van der Waals surface area contributed by atoms with Crippen LogP contribution in [0.15, 0.2) is 0 Å². The van der Waals surface area contributed by atoms with Crippen LogP contribution in [0.3, 0.4) is 0 Å². The van der Waals surface area contributed by atoms with Crippen molar-refractivity contribution in [2.24, 2.45) is 5.41 Å². The summed E-state index contributed by atoms with van der Waals surface area (Å²) in [7, 11) is 0. The van der Waals surface area contributed by atoms with Gasteiger partial charge in [0.05, 0.1) is 6.04 Å². The first-order valence-corrected chi connectivity index (χ1v) is 5.07. The Balaban J connectivity index is 2.87. The van der Waals surface area contributed by atoms with Crippen LogP contribution in [0.5, 0.6) is 0 Å². The third-order valence-corrected chi connectivity index (χ3v) is 2.76. The van der Waals surface area contributed by atoms with Gasteiger partial charge in [-0.1, -0.05) is 20.8 Å². The SMILES string of the molecule is C[C@@H]1NCCN(C(=O)O)C1C(C)(C)C. The summed E-state index contributed by atoms with van der Waals surface area (Å²) < 4.78 is 0. The Kier molecular flexibility index (Phi) is 3.04. The normalized spacial score (nSPS) is 29.0. The molecule has 1 heterocycles. The molecule has 1 saturated heterocycles. The molecule has 0 radical (unpaired) electrons. The van der Waals surface area contributed by atoms with Crippen LogP contribution in [0.25, 0.3) is 0 Å². The van der Waals surface area contributed by atoms with E-state index in [0.717, 1.165) is 6.54 Å². The van der Waals surface area contributed by atoms with E-state index in [1.54, 1.807) is 4.90 Å². The summed E-state index contributed by atoms with van der Waals surface area (Å²) in [6.45, 7) is 9.62. The molecular formula is C10H20N2O2. The fourth-order valence-electron chi connectivity index (χ4n) is 2.37. The highest BCUT2D eigenvalue weighted by Crippen LogP contribution is 2.28. The monoisotopic (exact) mass is 200 g/mol. The predicted molar refractivity (Wildman–Crippen MR) is 55.4 cm³/mol. The number of amides is 1. The lowest BCUT2D eigenvalue weighted by Crippen LogP contribution is -2.62. The van der Waals surface area contributed by atoms with Crippen molar-refractivity contribution in [2.75, 3.05) is 13.1 Å². The second-order valence-corrected chi connectivity index (χ2v) is 5.03. The smallest absolute Gasteiger partial charge is 0.407 e. The maximum atomic E-state index is 11.1. The third kappa shape index (κ3) is 2.18. The number of rotatable bonds is 0. The molecule has 82 valence electrons. The van der Waals surface area contributed by atoms with Crippen molar-refractivity contribution in [2.45, 2.75) is 39.8 Å². The summed E-state index contributed by atoms with van der Waals surface area (Å²) in [6, 6.07) is 0.272. The van der Waals surface area contributed by atoms with Gasteiger partial charge in [0.25, 0.3) is 0 Å². The summed E-state index contributed by atoms with van der Waals surface area (Å²) in [5.41, 5.74) is -0.0226. The van der Waals surface area contributed by atoms with Gasteiger partial charge in [-0.05, 0) is 12.3 Å². The molecule has 4 nitrogen and oxygen atoms in total. The van der Waals surface area contributed by atoms with Gasteiger partial charge in [-0.25, -0.2) is 4.79 Å². The van der Waals surface area contributed by atoms with E-state index in [0.29, 0.717) is 6.54 Å². The summed E-state index contributed by atoms with van der Waals surface area (Å²) >= 11 is 0. The lowest BCUT2D eigenvalue weighted by molar-refractivity contribution is 0.0458. The highest BCUT2D eigenvalue weighted by atomic mass is 16.4. The van der Waals surface area contributed by atoms with Crippen molar-refractivity contribution in [1.29, 1.82) is 0 Å². The lowest BCUT2D eigenvalue weighted by atomic mass is 9.80. The minimum Gasteiger partial charge on any atom is -0.465 e. The molecule has 1 unspecified atom stereocenters. The van der Waals surface area contributed by atoms with Gasteiger partial charge in [0.2, 0.25) is 0 Å². The van der Waals surface area contributed by atoms with E-state index in [1.807, 2.05) is 6.92 Å². The second-order valence-electron chi connectivity index (χ2n) is 5.03. The Labute approximate surface area is 85.3 Å². The first-order valence-electron chi connectivity index (χ1n) is 5.07. The highest BCUT2D eigenvalue weighted by molar-refractivity contribution is 5.66. The zero-order valence-corrected chi connectivity index (χ0v) is 9.37. The van der Waals surface area contributed by atoms with Crippen LogP contribution in [0, 0.1) is 5.41 Å². The Morgan fingerprint density at radius 2 is 2.07 bits per heavy atom. The number of hydrogen-bond acceptors (Lipinski definition) is 2. The molecule has 2 N–H and O–H groups in total. The Bertz CT molecular complexity index is 223. The molecule has 2 atom stereocenters. The number of nitrogens with one attached hydrogen (secondary N) is 1. The molecule has 1 amide bonds. The van der Waals surface area contributed by atoms with Gasteiger partial charge in [0.15, 0.2) is 0 Å². The zero-order valence-electron chi connectivity index (χ0n) is 9.37. The van der Waals surface area contributed by atoms with Gasteiger partial charge < -0.3 is 15.3 Å². The van der Waals surface area contributed by atoms with E-state index in [2.05, 4.69) is 26.1 Å². The van der Waals surface area contributed by atoms with Crippen molar-refractivity contribution in [1.82, 2.24) is 10.2 Å². The van der Waals surface area contributed by atoms with E-state index in [1.165, 1.54) is 0 Å². The molecule has 1 fully saturated rings. The van der Waals surface area contributed by atoms with Crippen molar-refractivity contribution in [3.05, 3.63) is 0 Å². The van der Waals surface area contributed by atoms with E-state index in [4.69, 9.17) is 5.11 Å². The van der Waals surface area contributed by atoms with E-state index < -0.39 is 6.09 Å². The van der Waals surface area contributed by atoms with Crippen molar-refractivity contribution < 1.29 is 9.90 Å².